The number of methoxy groups -OCH3 is 1. The molecule has 1 N–H and O–H groups in total. The number of amides is 3. The van der Waals surface area contributed by atoms with Gasteiger partial charge in [0, 0.05) is 19.6 Å². The van der Waals surface area contributed by atoms with Crippen molar-refractivity contribution >= 4 is 11.9 Å². The summed E-state index contributed by atoms with van der Waals surface area (Å²) in [7, 11) is 1.62. The fraction of sp³-hybridized carbons (Fsp3) is 0.467. The van der Waals surface area contributed by atoms with Crippen molar-refractivity contribution in [2.45, 2.75) is 18.4 Å². The second-order valence-corrected chi connectivity index (χ2v) is 5.37. The van der Waals surface area contributed by atoms with Crippen molar-refractivity contribution in [3.63, 3.8) is 0 Å². The number of nitrogens with zero attached hydrogens (tertiary/aromatic N) is 1. The van der Waals surface area contributed by atoms with E-state index in [1.807, 2.05) is 24.3 Å². The zero-order valence-corrected chi connectivity index (χ0v) is 11.9. The van der Waals surface area contributed by atoms with Crippen molar-refractivity contribution in [2.24, 2.45) is 0 Å². The number of nitrogens with one attached hydrogen (secondary N) is 1. The second-order valence-electron chi connectivity index (χ2n) is 5.37. The van der Waals surface area contributed by atoms with Crippen molar-refractivity contribution in [3.8, 4) is 5.75 Å². The van der Waals surface area contributed by atoms with Gasteiger partial charge in [-0.05, 0) is 24.1 Å². The topological polar surface area (TPSA) is 67.9 Å². The summed E-state index contributed by atoms with van der Waals surface area (Å²) in [5, 5.41) is 2.78. The molecule has 1 aromatic rings. The number of urea groups is 1. The van der Waals surface area contributed by atoms with Crippen LogP contribution in [0.4, 0.5) is 4.79 Å². The van der Waals surface area contributed by atoms with Gasteiger partial charge < -0.3 is 14.8 Å². The van der Waals surface area contributed by atoms with E-state index in [0.29, 0.717) is 26.0 Å². The number of rotatable bonds is 4. The normalized spacial score (nSPS) is 24.7. The molecule has 2 aliphatic rings. The van der Waals surface area contributed by atoms with Gasteiger partial charge in [-0.2, -0.15) is 0 Å². The lowest BCUT2D eigenvalue weighted by Gasteiger charge is -2.18. The molecule has 1 atom stereocenters. The number of carbonyl (C=O) groups excluding carboxylic acids is 2. The van der Waals surface area contributed by atoms with E-state index in [1.54, 1.807) is 7.11 Å². The Morgan fingerprint density at radius 1 is 1.33 bits per heavy atom. The molecule has 3 amide bonds. The molecule has 2 aliphatic heterocycles. The van der Waals surface area contributed by atoms with Crippen LogP contribution in [0.2, 0.25) is 0 Å². The molecule has 0 radical (unpaired) electrons. The first-order chi connectivity index (χ1) is 10.1. The molecule has 1 unspecified atom stereocenters. The molecule has 1 aromatic carbocycles. The maximum Gasteiger partial charge on any atom is 0.325 e. The molecule has 2 saturated heterocycles. The predicted octanol–water partition coefficient (Wildman–Crippen LogP) is 0.949. The van der Waals surface area contributed by atoms with Gasteiger partial charge in [-0.25, -0.2) is 4.79 Å². The van der Waals surface area contributed by atoms with Gasteiger partial charge in [0.25, 0.3) is 5.91 Å². The molecule has 1 spiro atoms. The standard InChI is InChI=1S/C15H18N2O4/c1-20-12-4-2-11(3-5-12)6-8-17-13(18)15(16-14(17)19)7-9-21-10-15/h2-5H,6-10H2,1H3,(H,16,19). The molecule has 2 fully saturated rings. The Morgan fingerprint density at radius 2 is 2.10 bits per heavy atom. The van der Waals surface area contributed by atoms with Crippen molar-refractivity contribution in [2.75, 3.05) is 26.9 Å². The zero-order chi connectivity index (χ0) is 14.9. The lowest BCUT2D eigenvalue weighted by atomic mass is 9.99. The van der Waals surface area contributed by atoms with E-state index in [1.165, 1.54) is 4.90 Å². The average Bonchev–Trinajstić information content (AvgIpc) is 3.05. The fourth-order valence-corrected chi connectivity index (χ4v) is 2.74. The summed E-state index contributed by atoms with van der Waals surface area (Å²) >= 11 is 0. The summed E-state index contributed by atoms with van der Waals surface area (Å²) in [6.45, 7) is 1.16. The highest BCUT2D eigenvalue weighted by Gasteiger charge is 2.53. The number of carbonyl (C=O) groups is 2. The number of hydrogen-bond acceptors (Lipinski definition) is 4. The van der Waals surface area contributed by atoms with E-state index < -0.39 is 5.54 Å². The Hall–Kier alpha value is -2.08. The molecule has 112 valence electrons. The highest BCUT2D eigenvalue weighted by molar-refractivity contribution is 6.07. The molecule has 0 aromatic heterocycles. The van der Waals surface area contributed by atoms with Gasteiger partial charge in [-0.15, -0.1) is 0 Å². The Bertz CT molecular complexity index is 549. The SMILES string of the molecule is COc1ccc(CCN2C(=O)NC3(CCOC3)C2=O)cc1. The van der Waals surface area contributed by atoms with Crippen LogP contribution in [0.5, 0.6) is 5.75 Å². The lowest BCUT2D eigenvalue weighted by Crippen LogP contribution is -2.47. The minimum Gasteiger partial charge on any atom is -0.497 e. The van der Waals surface area contributed by atoms with Gasteiger partial charge in [0.15, 0.2) is 0 Å². The summed E-state index contributed by atoms with van der Waals surface area (Å²) in [5.41, 5.74) is 0.233. The molecule has 0 aliphatic carbocycles. The molecule has 6 heteroatoms. The fourth-order valence-electron chi connectivity index (χ4n) is 2.74. The quantitative estimate of drug-likeness (QED) is 0.838. The van der Waals surface area contributed by atoms with Crippen molar-refractivity contribution in [3.05, 3.63) is 29.8 Å². The van der Waals surface area contributed by atoms with Gasteiger partial charge in [-0.1, -0.05) is 12.1 Å². The molecule has 6 nitrogen and oxygen atoms in total. The van der Waals surface area contributed by atoms with Crippen LogP contribution in [0.25, 0.3) is 0 Å². The minimum absolute atomic E-state index is 0.168. The molecular weight excluding hydrogens is 272 g/mol. The van der Waals surface area contributed by atoms with Crippen molar-refractivity contribution in [1.82, 2.24) is 10.2 Å². The minimum atomic E-state index is -0.822. The maximum atomic E-state index is 12.4. The summed E-state index contributed by atoms with van der Waals surface area (Å²) < 4.78 is 10.4. The second kappa shape index (κ2) is 5.37. The van der Waals surface area contributed by atoms with Crippen LogP contribution in [0.15, 0.2) is 24.3 Å². The maximum absolute atomic E-state index is 12.4. The molecule has 3 rings (SSSR count). The van der Waals surface area contributed by atoms with Crippen LogP contribution in [-0.4, -0.2) is 49.2 Å². The van der Waals surface area contributed by atoms with Gasteiger partial charge in [-0.3, -0.25) is 9.69 Å². The number of ether oxygens (including phenoxy) is 2. The van der Waals surface area contributed by atoms with Crippen LogP contribution in [0.3, 0.4) is 0 Å². The van der Waals surface area contributed by atoms with Crippen LogP contribution < -0.4 is 10.1 Å². The summed E-state index contributed by atoms with van der Waals surface area (Å²) in [6.07, 6.45) is 1.18. The van der Waals surface area contributed by atoms with Crippen LogP contribution >= 0.6 is 0 Å². The van der Waals surface area contributed by atoms with E-state index >= 15 is 0 Å². The number of benzene rings is 1. The highest BCUT2D eigenvalue weighted by atomic mass is 16.5. The molecule has 21 heavy (non-hydrogen) atoms. The highest BCUT2D eigenvalue weighted by Crippen LogP contribution is 2.27. The first kappa shape index (κ1) is 13.9. The Kier molecular flexibility index (Phi) is 3.55. The summed E-state index contributed by atoms with van der Waals surface area (Å²) in [5.74, 6) is 0.620. The van der Waals surface area contributed by atoms with Crippen LogP contribution in [0.1, 0.15) is 12.0 Å². The Labute approximate surface area is 123 Å². The van der Waals surface area contributed by atoms with Crippen LogP contribution in [-0.2, 0) is 16.0 Å². The Morgan fingerprint density at radius 3 is 2.71 bits per heavy atom. The average molecular weight is 290 g/mol. The van der Waals surface area contributed by atoms with Gasteiger partial charge >= 0.3 is 6.03 Å². The van der Waals surface area contributed by atoms with Crippen LogP contribution in [0, 0.1) is 0 Å². The summed E-state index contributed by atoms with van der Waals surface area (Å²) in [6, 6.07) is 7.29. The molecule has 0 saturated carbocycles. The lowest BCUT2D eigenvalue weighted by molar-refractivity contribution is -0.131. The van der Waals surface area contributed by atoms with E-state index in [4.69, 9.17) is 9.47 Å². The largest absolute Gasteiger partial charge is 0.497 e. The smallest absolute Gasteiger partial charge is 0.325 e. The molecular formula is C15H18N2O4. The Balaban J connectivity index is 1.64. The van der Waals surface area contributed by atoms with Crippen molar-refractivity contribution < 1.29 is 19.1 Å². The third kappa shape index (κ3) is 2.47. The molecule has 0 bridgehead atoms. The van der Waals surface area contributed by atoms with Crippen molar-refractivity contribution in [1.29, 1.82) is 0 Å². The van der Waals surface area contributed by atoms with E-state index in [0.717, 1.165) is 11.3 Å². The number of imide groups is 1. The first-order valence-electron chi connectivity index (χ1n) is 6.99. The van der Waals surface area contributed by atoms with E-state index in [-0.39, 0.29) is 18.5 Å². The van der Waals surface area contributed by atoms with Gasteiger partial charge in [0.05, 0.1) is 13.7 Å². The summed E-state index contributed by atoms with van der Waals surface area (Å²) in [4.78, 5) is 25.7. The van der Waals surface area contributed by atoms with E-state index in [2.05, 4.69) is 5.32 Å². The monoisotopic (exact) mass is 290 g/mol. The molecule has 2 heterocycles. The third-order valence-electron chi connectivity index (χ3n) is 4.05. The van der Waals surface area contributed by atoms with Gasteiger partial charge in [0.2, 0.25) is 0 Å². The zero-order valence-electron chi connectivity index (χ0n) is 11.9. The predicted molar refractivity (Wildman–Crippen MR) is 75.1 cm³/mol. The number of hydrogen-bond donors (Lipinski definition) is 1. The third-order valence-corrected chi connectivity index (χ3v) is 4.05. The first-order valence-corrected chi connectivity index (χ1v) is 6.99. The van der Waals surface area contributed by atoms with E-state index in [9.17, 15) is 9.59 Å². The van der Waals surface area contributed by atoms with Gasteiger partial charge in [0.1, 0.15) is 11.3 Å².